The fraction of sp³-hybridized carbons (Fsp3) is 0.900. The molecule has 0 heterocycles. The molecule has 0 spiro atoms. The summed E-state index contributed by atoms with van der Waals surface area (Å²) in [5.74, 6) is -0.154. The molecule has 0 aromatic heterocycles. The minimum absolute atomic E-state index is 0.154. The van der Waals surface area contributed by atoms with E-state index in [1.165, 1.54) is 25.7 Å². The molecule has 1 amide bonds. The second kappa shape index (κ2) is 16.8. The van der Waals surface area contributed by atoms with Crippen molar-refractivity contribution in [3.8, 4) is 0 Å². The van der Waals surface area contributed by atoms with E-state index in [1.54, 1.807) is 0 Å². The Morgan fingerprint density at radius 3 is 2.07 bits per heavy atom. The van der Waals surface area contributed by atoms with Crippen molar-refractivity contribution in [3.05, 3.63) is 0 Å². The van der Waals surface area contributed by atoms with Gasteiger partial charge in [0.1, 0.15) is 12.2 Å². The molecular formula is C20H39NO6. The van der Waals surface area contributed by atoms with E-state index in [0.29, 0.717) is 39.4 Å². The van der Waals surface area contributed by atoms with Crippen molar-refractivity contribution in [3.63, 3.8) is 0 Å². The molecule has 0 bridgehead atoms. The third-order valence-corrected chi connectivity index (χ3v) is 3.51. The topological polar surface area (TPSA) is 83.1 Å². The highest BCUT2D eigenvalue weighted by atomic mass is 16.6. The number of esters is 1. The third kappa shape index (κ3) is 20.8. The minimum Gasteiger partial charge on any atom is -0.463 e. The van der Waals surface area contributed by atoms with Crippen LogP contribution in [0.5, 0.6) is 0 Å². The summed E-state index contributed by atoms with van der Waals surface area (Å²) in [5, 5.41) is 2.61. The van der Waals surface area contributed by atoms with Gasteiger partial charge < -0.3 is 24.3 Å². The number of carbonyl (C=O) groups excluding carboxylic acids is 2. The van der Waals surface area contributed by atoms with Gasteiger partial charge in [-0.05, 0) is 27.2 Å². The van der Waals surface area contributed by atoms with Crippen LogP contribution in [0.25, 0.3) is 0 Å². The molecule has 0 aliphatic rings. The van der Waals surface area contributed by atoms with Crippen LogP contribution >= 0.6 is 0 Å². The molecule has 1 N–H and O–H groups in total. The standard InChI is InChI=1S/C20H39NO6/c1-5-6-7-8-9-10-11-18(22)26-17-16-25-15-14-24-13-12-21-19(23)27-20(2,3)4/h5-17H2,1-4H3,(H,21,23). The van der Waals surface area contributed by atoms with Crippen molar-refractivity contribution in [1.29, 1.82) is 0 Å². The predicted molar refractivity (Wildman–Crippen MR) is 105 cm³/mol. The summed E-state index contributed by atoms with van der Waals surface area (Å²) in [5.41, 5.74) is -0.503. The normalized spacial score (nSPS) is 11.3. The molecule has 0 saturated carbocycles. The Balaban J connectivity index is 3.28. The molecule has 27 heavy (non-hydrogen) atoms. The molecule has 0 unspecified atom stereocenters. The highest BCUT2D eigenvalue weighted by molar-refractivity contribution is 5.69. The summed E-state index contributed by atoms with van der Waals surface area (Å²) in [4.78, 5) is 22.9. The van der Waals surface area contributed by atoms with Gasteiger partial charge in [-0.3, -0.25) is 4.79 Å². The highest BCUT2D eigenvalue weighted by Crippen LogP contribution is 2.07. The molecule has 0 saturated heterocycles. The summed E-state index contributed by atoms with van der Waals surface area (Å²) in [6.07, 6.45) is 6.96. The second-order valence-electron chi connectivity index (χ2n) is 7.39. The van der Waals surface area contributed by atoms with Crippen molar-refractivity contribution in [1.82, 2.24) is 5.32 Å². The zero-order valence-corrected chi connectivity index (χ0v) is 17.6. The van der Waals surface area contributed by atoms with Crippen LogP contribution in [-0.2, 0) is 23.7 Å². The van der Waals surface area contributed by atoms with E-state index in [-0.39, 0.29) is 12.6 Å². The van der Waals surface area contributed by atoms with Crippen molar-refractivity contribution >= 4 is 12.1 Å². The van der Waals surface area contributed by atoms with Gasteiger partial charge >= 0.3 is 12.1 Å². The SMILES string of the molecule is CCCCCCCCC(=O)OCCOCCOCCNC(=O)OC(C)(C)C. The molecule has 0 radical (unpaired) electrons. The van der Waals surface area contributed by atoms with Gasteiger partial charge in [0.25, 0.3) is 0 Å². The number of unbranched alkanes of at least 4 members (excludes halogenated alkanes) is 5. The number of hydrogen-bond acceptors (Lipinski definition) is 6. The number of alkyl carbamates (subject to hydrolysis) is 1. The van der Waals surface area contributed by atoms with Gasteiger partial charge in [-0.1, -0.05) is 39.0 Å². The highest BCUT2D eigenvalue weighted by Gasteiger charge is 2.15. The lowest BCUT2D eigenvalue weighted by molar-refractivity contribution is -0.145. The van der Waals surface area contributed by atoms with Crippen molar-refractivity contribution < 1.29 is 28.5 Å². The molecular weight excluding hydrogens is 350 g/mol. The van der Waals surface area contributed by atoms with Gasteiger partial charge in [-0.2, -0.15) is 0 Å². The van der Waals surface area contributed by atoms with E-state index in [9.17, 15) is 9.59 Å². The van der Waals surface area contributed by atoms with Crippen LogP contribution in [0.4, 0.5) is 4.79 Å². The Bertz CT molecular complexity index is 381. The number of amides is 1. The molecule has 0 aromatic rings. The molecule has 0 fully saturated rings. The van der Waals surface area contributed by atoms with Gasteiger partial charge in [0.15, 0.2) is 0 Å². The summed E-state index contributed by atoms with van der Waals surface area (Å²) in [6.45, 7) is 9.86. The third-order valence-electron chi connectivity index (χ3n) is 3.51. The molecule has 7 nitrogen and oxygen atoms in total. The molecule has 0 aromatic carbocycles. The summed E-state index contributed by atoms with van der Waals surface area (Å²) in [7, 11) is 0. The average molecular weight is 390 g/mol. The Kier molecular flexibility index (Phi) is 16.0. The quantitative estimate of drug-likeness (QED) is 0.319. The van der Waals surface area contributed by atoms with E-state index in [2.05, 4.69) is 12.2 Å². The largest absolute Gasteiger partial charge is 0.463 e. The molecule has 0 aliphatic heterocycles. The first-order valence-corrected chi connectivity index (χ1v) is 10.1. The molecule has 0 atom stereocenters. The van der Waals surface area contributed by atoms with E-state index in [1.807, 2.05) is 20.8 Å². The molecule has 160 valence electrons. The average Bonchev–Trinajstić information content (AvgIpc) is 2.58. The monoisotopic (exact) mass is 389 g/mol. The van der Waals surface area contributed by atoms with Crippen molar-refractivity contribution in [2.24, 2.45) is 0 Å². The molecule has 7 heteroatoms. The maximum atomic E-state index is 11.5. The van der Waals surface area contributed by atoms with Crippen LogP contribution in [0.3, 0.4) is 0 Å². The number of rotatable bonds is 16. The van der Waals surface area contributed by atoms with Crippen LogP contribution in [0.15, 0.2) is 0 Å². The van der Waals surface area contributed by atoms with Crippen LogP contribution in [0, 0.1) is 0 Å². The molecule has 0 aliphatic carbocycles. The van der Waals surface area contributed by atoms with Gasteiger partial charge in [-0.15, -0.1) is 0 Å². The van der Waals surface area contributed by atoms with E-state index >= 15 is 0 Å². The van der Waals surface area contributed by atoms with Crippen LogP contribution in [0.1, 0.15) is 72.6 Å². The Labute approximate surface area is 164 Å². The van der Waals surface area contributed by atoms with Crippen LogP contribution in [0.2, 0.25) is 0 Å². The zero-order valence-electron chi connectivity index (χ0n) is 17.6. The van der Waals surface area contributed by atoms with E-state index in [4.69, 9.17) is 18.9 Å². The number of hydrogen-bond donors (Lipinski definition) is 1. The summed E-state index contributed by atoms with van der Waals surface area (Å²) >= 11 is 0. The predicted octanol–water partition coefficient (Wildman–Crippen LogP) is 3.84. The summed E-state index contributed by atoms with van der Waals surface area (Å²) in [6, 6.07) is 0. The Hall–Kier alpha value is -1.34. The van der Waals surface area contributed by atoms with E-state index in [0.717, 1.165) is 12.8 Å². The van der Waals surface area contributed by atoms with E-state index < -0.39 is 11.7 Å². The maximum absolute atomic E-state index is 11.5. The zero-order chi connectivity index (χ0) is 20.4. The lowest BCUT2D eigenvalue weighted by Gasteiger charge is -2.19. The first kappa shape index (κ1) is 25.7. The van der Waals surface area contributed by atoms with Gasteiger partial charge in [0.05, 0.1) is 26.4 Å². The van der Waals surface area contributed by atoms with Crippen LogP contribution in [-0.4, -0.2) is 57.2 Å². The van der Waals surface area contributed by atoms with Crippen LogP contribution < -0.4 is 5.32 Å². The van der Waals surface area contributed by atoms with Crippen molar-refractivity contribution in [2.75, 3.05) is 39.6 Å². The summed E-state index contributed by atoms with van der Waals surface area (Å²) < 4.78 is 20.9. The van der Waals surface area contributed by atoms with Gasteiger partial charge in [0.2, 0.25) is 0 Å². The van der Waals surface area contributed by atoms with Crippen molar-refractivity contribution in [2.45, 2.75) is 78.2 Å². The Morgan fingerprint density at radius 1 is 0.815 bits per heavy atom. The first-order valence-electron chi connectivity index (χ1n) is 10.1. The number of carbonyl (C=O) groups is 2. The number of ether oxygens (including phenoxy) is 4. The smallest absolute Gasteiger partial charge is 0.407 e. The minimum atomic E-state index is -0.503. The van der Waals surface area contributed by atoms with Gasteiger partial charge in [-0.25, -0.2) is 4.79 Å². The fourth-order valence-corrected chi connectivity index (χ4v) is 2.20. The number of nitrogens with one attached hydrogen (secondary N) is 1. The fourth-order valence-electron chi connectivity index (χ4n) is 2.20. The second-order valence-corrected chi connectivity index (χ2v) is 7.39. The first-order chi connectivity index (χ1) is 12.8. The van der Waals surface area contributed by atoms with Gasteiger partial charge in [0, 0.05) is 13.0 Å². The lowest BCUT2D eigenvalue weighted by atomic mass is 10.1. The molecule has 0 rings (SSSR count). The lowest BCUT2D eigenvalue weighted by Crippen LogP contribution is -2.34. The maximum Gasteiger partial charge on any atom is 0.407 e. The Morgan fingerprint density at radius 2 is 1.41 bits per heavy atom.